The van der Waals surface area contributed by atoms with E-state index in [0.717, 1.165) is 31.2 Å². The zero-order valence-corrected chi connectivity index (χ0v) is 11.7. The number of hydrogen-bond acceptors (Lipinski definition) is 3. The maximum atomic E-state index is 5.48. The van der Waals surface area contributed by atoms with Gasteiger partial charge in [0.15, 0.2) is 0 Å². The molecule has 3 aliphatic rings. The van der Waals surface area contributed by atoms with Crippen LogP contribution in [0.25, 0.3) is 0 Å². The van der Waals surface area contributed by atoms with Gasteiger partial charge in [0.05, 0.1) is 6.61 Å². The van der Waals surface area contributed by atoms with E-state index in [1.54, 1.807) is 0 Å². The first-order valence-electron chi connectivity index (χ1n) is 7.86. The summed E-state index contributed by atoms with van der Waals surface area (Å²) in [7, 11) is 1.85. The van der Waals surface area contributed by atoms with Gasteiger partial charge in [-0.15, -0.1) is 0 Å². The SMILES string of the molecule is COCC(CNC1CC1)N1CCCC2CCCC21. The summed E-state index contributed by atoms with van der Waals surface area (Å²) in [5, 5.41) is 3.70. The van der Waals surface area contributed by atoms with Gasteiger partial charge in [-0.3, -0.25) is 4.90 Å². The summed E-state index contributed by atoms with van der Waals surface area (Å²) in [6.07, 6.45) is 9.96. The van der Waals surface area contributed by atoms with Gasteiger partial charge in [0.2, 0.25) is 0 Å². The highest BCUT2D eigenvalue weighted by Crippen LogP contribution is 2.37. The van der Waals surface area contributed by atoms with E-state index >= 15 is 0 Å². The summed E-state index contributed by atoms with van der Waals surface area (Å²) in [5.74, 6) is 0.985. The molecule has 3 nitrogen and oxygen atoms in total. The molecule has 0 radical (unpaired) electrons. The first-order chi connectivity index (χ1) is 8.88. The van der Waals surface area contributed by atoms with Gasteiger partial charge in [0, 0.05) is 31.8 Å². The number of hydrogen-bond donors (Lipinski definition) is 1. The van der Waals surface area contributed by atoms with Crippen molar-refractivity contribution in [2.45, 2.75) is 63.1 Å². The fourth-order valence-corrected chi connectivity index (χ4v) is 4.00. The molecule has 3 atom stereocenters. The fourth-order valence-electron chi connectivity index (χ4n) is 4.00. The number of fused-ring (bicyclic) bond motifs is 1. The van der Waals surface area contributed by atoms with Crippen molar-refractivity contribution in [1.29, 1.82) is 0 Å². The van der Waals surface area contributed by atoms with E-state index in [2.05, 4.69) is 10.2 Å². The van der Waals surface area contributed by atoms with Crippen LogP contribution >= 0.6 is 0 Å². The maximum absolute atomic E-state index is 5.48. The van der Waals surface area contributed by atoms with Gasteiger partial charge in [0.25, 0.3) is 0 Å². The summed E-state index contributed by atoms with van der Waals surface area (Å²) in [6.45, 7) is 3.31. The van der Waals surface area contributed by atoms with Gasteiger partial charge in [-0.25, -0.2) is 0 Å². The summed E-state index contributed by atoms with van der Waals surface area (Å²) in [6, 6.07) is 2.27. The summed E-state index contributed by atoms with van der Waals surface area (Å²) < 4.78 is 5.48. The fraction of sp³-hybridized carbons (Fsp3) is 1.00. The van der Waals surface area contributed by atoms with Gasteiger partial charge in [-0.2, -0.15) is 0 Å². The van der Waals surface area contributed by atoms with E-state index < -0.39 is 0 Å². The lowest BCUT2D eigenvalue weighted by molar-refractivity contribution is 0.0244. The lowest BCUT2D eigenvalue weighted by Gasteiger charge is -2.42. The van der Waals surface area contributed by atoms with Crippen molar-refractivity contribution in [1.82, 2.24) is 10.2 Å². The molecular weight excluding hydrogens is 224 g/mol. The number of nitrogens with one attached hydrogen (secondary N) is 1. The topological polar surface area (TPSA) is 24.5 Å². The van der Waals surface area contributed by atoms with E-state index in [4.69, 9.17) is 4.74 Å². The number of ether oxygens (including phenoxy) is 1. The van der Waals surface area contributed by atoms with Gasteiger partial charge in [-0.05, 0) is 51.0 Å². The Balaban J connectivity index is 1.59. The largest absolute Gasteiger partial charge is 0.383 e. The molecule has 0 aromatic rings. The van der Waals surface area contributed by atoms with Crippen LogP contribution in [0.4, 0.5) is 0 Å². The van der Waals surface area contributed by atoms with Crippen LogP contribution in [-0.4, -0.2) is 49.8 Å². The van der Waals surface area contributed by atoms with Crippen LogP contribution in [0.15, 0.2) is 0 Å². The molecule has 0 amide bonds. The Morgan fingerprint density at radius 3 is 2.78 bits per heavy atom. The molecule has 2 saturated carbocycles. The molecule has 0 aromatic carbocycles. The second-order valence-corrected chi connectivity index (χ2v) is 6.43. The van der Waals surface area contributed by atoms with Gasteiger partial charge in [0.1, 0.15) is 0 Å². The van der Waals surface area contributed by atoms with Crippen molar-refractivity contribution >= 4 is 0 Å². The average molecular weight is 252 g/mol. The molecule has 104 valence electrons. The predicted molar refractivity (Wildman–Crippen MR) is 73.8 cm³/mol. The second kappa shape index (κ2) is 5.89. The quantitative estimate of drug-likeness (QED) is 0.783. The summed E-state index contributed by atoms with van der Waals surface area (Å²) in [4.78, 5) is 2.78. The standard InChI is InChI=1S/C15H28N2O/c1-18-11-14(10-16-13-7-8-13)17-9-3-5-12-4-2-6-15(12)17/h12-16H,2-11H2,1H3. The molecule has 0 bridgehead atoms. The van der Waals surface area contributed by atoms with Crippen molar-refractivity contribution in [2.75, 3.05) is 26.8 Å². The predicted octanol–water partition coefficient (Wildman–Crippen LogP) is 2.02. The minimum absolute atomic E-state index is 0.599. The molecule has 3 unspecified atom stereocenters. The Morgan fingerprint density at radius 1 is 1.17 bits per heavy atom. The summed E-state index contributed by atoms with van der Waals surface area (Å²) in [5.41, 5.74) is 0. The van der Waals surface area contributed by atoms with Crippen molar-refractivity contribution in [3.05, 3.63) is 0 Å². The average Bonchev–Trinajstić information content (AvgIpc) is 3.09. The summed E-state index contributed by atoms with van der Waals surface area (Å²) >= 11 is 0. The molecule has 0 spiro atoms. The molecule has 3 heteroatoms. The van der Waals surface area contributed by atoms with Crippen LogP contribution in [0.3, 0.4) is 0 Å². The molecule has 1 saturated heterocycles. The van der Waals surface area contributed by atoms with Crippen LogP contribution in [-0.2, 0) is 4.74 Å². The first kappa shape index (κ1) is 12.9. The van der Waals surface area contributed by atoms with E-state index in [-0.39, 0.29) is 0 Å². The third-order valence-electron chi connectivity index (χ3n) is 5.08. The number of rotatable bonds is 6. The van der Waals surface area contributed by atoms with Gasteiger partial charge < -0.3 is 10.1 Å². The smallest absolute Gasteiger partial charge is 0.0630 e. The lowest BCUT2D eigenvalue weighted by atomic mass is 9.90. The molecular formula is C15H28N2O. The molecule has 18 heavy (non-hydrogen) atoms. The Morgan fingerprint density at radius 2 is 2.00 bits per heavy atom. The Hall–Kier alpha value is -0.120. The van der Waals surface area contributed by atoms with Gasteiger partial charge in [-0.1, -0.05) is 6.42 Å². The second-order valence-electron chi connectivity index (χ2n) is 6.43. The van der Waals surface area contributed by atoms with Crippen molar-refractivity contribution in [2.24, 2.45) is 5.92 Å². The number of methoxy groups -OCH3 is 1. The van der Waals surface area contributed by atoms with Crippen LogP contribution in [0, 0.1) is 5.92 Å². The molecule has 1 aliphatic heterocycles. The third-order valence-corrected chi connectivity index (χ3v) is 5.08. The number of likely N-dealkylation sites (tertiary alicyclic amines) is 1. The van der Waals surface area contributed by atoms with Crippen molar-refractivity contribution in [3.63, 3.8) is 0 Å². The highest BCUT2D eigenvalue weighted by molar-refractivity contribution is 4.93. The lowest BCUT2D eigenvalue weighted by Crippen LogP contribution is -2.53. The molecule has 3 fully saturated rings. The van der Waals surface area contributed by atoms with E-state index in [1.165, 1.54) is 51.5 Å². The zero-order chi connectivity index (χ0) is 12.4. The minimum Gasteiger partial charge on any atom is -0.383 e. The van der Waals surface area contributed by atoms with Crippen molar-refractivity contribution < 1.29 is 4.74 Å². The Bertz CT molecular complexity index is 267. The Labute approximate surface area is 111 Å². The van der Waals surface area contributed by atoms with Crippen LogP contribution < -0.4 is 5.32 Å². The monoisotopic (exact) mass is 252 g/mol. The number of nitrogens with zero attached hydrogens (tertiary/aromatic N) is 1. The number of piperidine rings is 1. The normalized spacial score (nSPS) is 34.5. The minimum atomic E-state index is 0.599. The molecule has 3 rings (SSSR count). The molecule has 1 N–H and O–H groups in total. The molecule has 2 aliphatic carbocycles. The van der Waals surface area contributed by atoms with Crippen LogP contribution in [0.5, 0.6) is 0 Å². The van der Waals surface area contributed by atoms with Crippen LogP contribution in [0.1, 0.15) is 44.9 Å². The van der Waals surface area contributed by atoms with E-state index in [9.17, 15) is 0 Å². The zero-order valence-electron chi connectivity index (χ0n) is 11.7. The van der Waals surface area contributed by atoms with Crippen LogP contribution in [0.2, 0.25) is 0 Å². The van der Waals surface area contributed by atoms with E-state index in [0.29, 0.717) is 6.04 Å². The van der Waals surface area contributed by atoms with E-state index in [1.807, 2.05) is 7.11 Å². The highest BCUT2D eigenvalue weighted by atomic mass is 16.5. The first-order valence-corrected chi connectivity index (χ1v) is 7.86. The highest BCUT2D eigenvalue weighted by Gasteiger charge is 2.38. The Kier molecular flexibility index (Phi) is 4.22. The maximum Gasteiger partial charge on any atom is 0.0630 e. The third kappa shape index (κ3) is 2.89. The van der Waals surface area contributed by atoms with Crippen molar-refractivity contribution in [3.8, 4) is 0 Å². The molecule has 1 heterocycles. The van der Waals surface area contributed by atoms with Gasteiger partial charge >= 0.3 is 0 Å². The molecule has 0 aromatic heterocycles.